The van der Waals surface area contributed by atoms with Gasteiger partial charge in [-0.05, 0) is 50.1 Å². The number of aryl methyl sites for hydroxylation is 2. The zero-order valence-electron chi connectivity index (χ0n) is 15.1. The lowest BCUT2D eigenvalue weighted by Crippen LogP contribution is -2.07. The molecule has 1 aromatic heterocycles. The average molecular weight is 369 g/mol. The number of carbonyl (C=O) groups is 1. The molecule has 1 heterocycles. The average Bonchev–Trinajstić information content (AvgIpc) is 3.03. The van der Waals surface area contributed by atoms with E-state index < -0.39 is 5.97 Å². The normalized spacial score (nSPS) is 10.8. The van der Waals surface area contributed by atoms with Crippen molar-refractivity contribution in [3.63, 3.8) is 0 Å². The van der Waals surface area contributed by atoms with Crippen LogP contribution >= 0.6 is 11.6 Å². The number of nitrogens with zero attached hydrogens (tertiary/aromatic N) is 2. The van der Waals surface area contributed by atoms with E-state index in [-0.39, 0.29) is 5.69 Å². The number of carbonyl (C=O) groups excluding carboxylic acids is 1. The summed E-state index contributed by atoms with van der Waals surface area (Å²) < 4.78 is 6.84. The summed E-state index contributed by atoms with van der Waals surface area (Å²) in [6.45, 7) is 6.14. The first-order chi connectivity index (χ1) is 12.5. The van der Waals surface area contributed by atoms with Gasteiger partial charge < -0.3 is 4.74 Å². The van der Waals surface area contributed by atoms with E-state index in [0.717, 1.165) is 22.5 Å². The number of ether oxygens (including phenoxy) is 1. The summed E-state index contributed by atoms with van der Waals surface area (Å²) in [6, 6.07) is 15.8. The first-order valence-corrected chi connectivity index (χ1v) is 8.94. The lowest BCUT2D eigenvalue weighted by molar-refractivity contribution is 0.0519. The zero-order valence-corrected chi connectivity index (χ0v) is 15.9. The molecule has 0 saturated carbocycles. The molecule has 0 spiro atoms. The number of hydrogen-bond acceptors (Lipinski definition) is 3. The summed E-state index contributed by atoms with van der Waals surface area (Å²) in [7, 11) is 0. The molecule has 0 amide bonds. The minimum Gasteiger partial charge on any atom is -0.461 e. The van der Waals surface area contributed by atoms with Gasteiger partial charge in [0.05, 0.1) is 17.3 Å². The second-order valence-electron chi connectivity index (χ2n) is 6.27. The van der Waals surface area contributed by atoms with E-state index >= 15 is 0 Å². The first kappa shape index (κ1) is 18.2. The van der Waals surface area contributed by atoms with Crippen LogP contribution in [0.3, 0.4) is 0 Å². The van der Waals surface area contributed by atoms with E-state index in [1.54, 1.807) is 17.7 Å². The fraction of sp³-hybridized carbons (Fsp3) is 0.238. The van der Waals surface area contributed by atoms with Crippen molar-refractivity contribution in [3.05, 3.63) is 81.6 Å². The molecule has 0 unspecified atom stereocenters. The van der Waals surface area contributed by atoms with Gasteiger partial charge in [0.1, 0.15) is 0 Å². The lowest BCUT2D eigenvalue weighted by atomic mass is 10.1. The molecule has 0 fully saturated rings. The molecule has 134 valence electrons. The van der Waals surface area contributed by atoms with Gasteiger partial charge in [0.15, 0.2) is 5.69 Å². The number of hydrogen-bond donors (Lipinski definition) is 0. The topological polar surface area (TPSA) is 44.1 Å². The van der Waals surface area contributed by atoms with E-state index in [1.807, 2.05) is 25.1 Å². The molecule has 5 heteroatoms. The molecule has 2 aromatic carbocycles. The highest BCUT2D eigenvalue weighted by Gasteiger charge is 2.18. The van der Waals surface area contributed by atoms with Crippen LogP contribution in [0.4, 0.5) is 0 Å². The molecule has 26 heavy (non-hydrogen) atoms. The van der Waals surface area contributed by atoms with Crippen molar-refractivity contribution in [3.8, 4) is 5.69 Å². The molecule has 3 rings (SSSR count). The fourth-order valence-corrected chi connectivity index (χ4v) is 2.96. The summed E-state index contributed by atoms with van der Waals surface area (Å²) in [5.41, 5.74) is 5.33. The van der Waals surface area contributed by atoms with Gasteiger partial charge in [-0.15, -0.1) is 0 Å². The zero-order chi connectivity index (χ0) is 18.7. The minimum absolute atomic E-state index is 0.284. The first-order valence-electron chi connectivity index (χ1n) is 8.56. The Balaban J connectivity index is 2.07. The maximum atomic E-state index is 12.2. The van der Waals surface area contributed by atoms with Crippen molar-refractivity contribution in [2.45, 2.75) is 27.2 Å². The van der Waals surface area contributed by atoms with E-state index in [9.17, 15) is 4.79 Å². The third-order valence-electron chi connectivity index (χ3n) is 4.10. The number of rotatable bonds is 5. The van der Waals surface area contributed by atoms with Crippen LogP contribution in [0.1, 0.15) is 39.8 Å². The molecule has 0 atom stereocenters. The van der Waals surface area contributed by atoms with Crippen LogP contribution in [0, 0.1) is 13.8 Å². The number of halogens is 1. The molecule has 3 aromatic rings. The van der Waals surface area contributed by atoms with Crippen LogP contribution in [0.5, 0.6) is 0 Å². The summed E-state index contributed by atoms with van der Waals surface area (Å²) in [4.78, 5) is 12.2. The summed E-state index contributed by atoms with van der Waals surface area (Å²) in [5, 5.41) is 5.05. The van der Waals surface area contributed by atoms with Crippen LogP contribution in [0.2, 0.25) is 5.02 Å². The molecular weight excluding hydrogens is 348 g/mol. The molecule has 0 radical (unpaired) electrons. The maximum absolute atomic E-state index is 12.2. The third kappa shape index (κ3) is 3.97. The minimum atomic E-state index is -0.430. The Kier molecular flexibility index (Phi) is 5.43. The van der Waals surface area contributed by atoms with Gasteiger partial charge >= 0.3 is 5.97 Å². The maximum Gasteiger partial charge on any atom is 0.358 e. The quantitative estimate of drug-likeness (QED) is 0.601. The Labute approximate surface area is 158 Å². The van der Waals surface area contributed by atoms with Crippen LogP contribution in [-0.2, 0) is 11.2 Å². The van der Waals surface area contributed by atoms with Gasteiger partial charge in [0, 0.05) is 12.1 Å². The van der Waals surface area contributed by atoms with E-state index in [0.29, 0.717) is 18.1 Å². The summed E-state index contributed by atoms with van der Waals surface area (Å²) >= 11 is 6.40. The van der Waals surface area contributed by atoms with Crippen molar-refractivity contribution in [1.82, 2.24) is 9.78 Å². The molecule has 0 N–H and O–H groups in total. The van der Waals surface area contributed by atoms with Crippen molar-refractivity contribution < 1.29 is 9.53 Å². The van der Waals surface area contributed by atoms with Gasteiger partial charge in [0.2, 0.25) is 0 Å². The molecule has 0 saturated heterocycles. The lowest BCUT2D eigenvalue weighted by Gasteiger charge is -2.10. The smallest absolute Gasteiger partial charge is 0.358 e. The number of benzene rings is 2. The highest BCUT2D eigenvalue weighted by molar-refractivity contribution is 6.32. The predicted octanol–water partition coefficient (Wildman–Crippen LogP) is 4.91. The van der Waals surface area contributed by atoms with Gasteiger partial charge in [-0.1, -0.05) is 47.5 Å². The standard InChI is InChI=1S/C21H21ClN2O2/c1-4-26-21(25)19-13-17(12-16-8-5-14(2)6-9-16)24(23-19)20-11-15(3)7-10-18(20)22/h5-11,13H,4,12H2,1-3H3. The monoisotopic (exact) mass is 368 g/mol. The predicted molar refractivity (Wildman–Crippen MR) is 103 cm³/mol. The fourth-order valence-electron chi connectivity index (χ4n) is 2.76. The van der Waals surface area contributed by atoms with Crippen LogP contribution in [-0.4, -0.2) is 22.4 Å². The second-order valence-corrected chi connectivity index (χ2v) is 6.68. The molecule has 0 aliphatic heterocycles. The Morgan fingerprint density at radius 1 is 1.08 bits per heavy atom. The molecule has 0 aliphatic rings. The third-order valence-corrected chi connectivity index (χ3v) is 4.42. The summed E-state index contributed by atoms with van der Waals surface area (Å²) in [6.07, 6.45) is 0.636. The van der Waals surface area contributed by atoms with E-state index in [4.69, 9.17) is 16.3 Å². The van der Waals surface area contributed by atoms with Crippen LogP contribution in [0.25, 0.3) is 5.69 Å². The van der Waals surface area contributed by atoms with Crippen molar-refractivity contribution in [2.24, 2.45) is 0 Å². The number of esters is 1. The van der Waals surface area contributed by atoms with Crippen molar-refractivity contribution in [2.75, 3.05) is 6.61 Å². The highest BCUT2D eigenvalue weighted by Crippen LogP contribution is 2.25. The van der Waals surface area contributed by atoms with Crippen LogP contribution < -0.4 is 0 Å². The van der Waals surface area contributed by atoms with E-state index in [2.05, 4.69) is 36.3 Å². The van der Waals surface area contributed by atoms with Gasteiger partial charge in [-0.3, -0.25) is 0 Å². The molecule has 0 bridgehead atoms. The second kappa shape index (κ2) is 7.75. The van der Waals surface area contributed by atoms with Crippen molar-refractivity contribution >= 4 is 17.6 Å². The highest BCUT2D eigenvalue weighted by atomic mass is 35.5. The Bertz CT molecular complexity index is 930. The van der Waals surface area contributed by atoms with Crippen LogP contribution in [0.15, 0.2) is 48.5 Å². The van der Waals surface area contributed by atoms with Gasteiger partial charge in [-0.25, -0.2) is 9.48 Å². The SMILES string of the molecule is CCOC(=O)c1cc(Cc2ccc(C)cc2)n(-c2cc(C)ccc2Cl)n1. The molecular formula is C21H21ClN2O2. The molecule has 0 aliphatic carbocycles. The molecule has 4 nitrogen and oxygen atoms in total. The largest absolute Gasteiger partial charge is 0.461 e. The van der Waals surface area contributed by atoms with Gasteiger partial charge in [0.25, 0.3) is 0 Å². The van der Waals surface area contributed by atoms with Gasteiger partial charge in [-0.2, -0.15) is 5.10 Å². The van der Waals surface area contributed by atoms with Crippen molar-refractivity contribution in [1.29, 1.82) is 0 Å². The Morgan fingerprint density at radius 2 is 1.77 bits per heavy atom. The summed E-state index contributed by atoms with van der Waals surface area (Å²) in [5.74, 6) is -0.430. The Hall–Kier alpha value is -2.59. The Morgan fingerprint density at radius 3 is 2.46 bits per heavy atom. The number of aromatic nitrogens is 2. The van der Waals surface area contributed by atoms with E-state index in [1.165, 1.54) is 5.56 Å².